The van der Waals surface area contributed by atoms with Gasteiger partial charge in [0, 0.05) is 6.42 Å². The van der Waals surface area contributed by atoms with E-state index in [1.807, 2.05) is 0 Å². The fourth-order valence-corrected chi connectivity index (χ4v) is 3.01. The summed E-state index contributed by atoms with van der Waals surface area (Å²) in [6.07, 6.45) is 14.8. The molecule has 0 aromatic rings. The number of aliphatic hydroxyl groups is 2. The van der Waals surface area contributed by atoms with Gasteiger partial charge in [-0.05, 0) is 32.1 Å². The number of allylic oxidation sites excluding steroid dienone is 2. The third-order valence-corrected chi connectivity index (χ3v) is 4.26. The summed E-state index contributed by atoms with van der Waals surface area (Å²) < 4.78 is 4.83. The fraction of sp³-hybridized carbons (Fsp3) is 0.737. The Bertz CT molecular complexity index is 370. The molecule has 0 aromatic heterocycles. The molecule has 1 saturated carbocycles. The van der Waals surface area contributed by atoms with Gasteiger partial charge in [-0.25, -0.2) is 0 Å². The molecule has 0 aliphatic heterocycles. The number of hydrogen-bond acceptors (Lipinski definition) is 4. The second kappa shape index (κ2) is 12.3. The van der Waals surface area contributed by atoms with Crippen LogP contribution >= 0.6 is 0 Å². The molecule has 23 heavy (non-hydrogen) atoms. The van der Waals surface area contributed by atoms with Gasteiger partial charge in [-0.3, -0.25) is 4.79 Å². The lowest BCUT2D eigenvalue weighted by Crippen LogP contribution is -2.14. The quantitative estimate of drug-likeness (QED) is 0.476. The van der Waals surface area contributed by atoms with Gasteiger partial charge >= 0.3 is 5.97 Å². The molecule has 1 rings (SSSR count). The van der Waals surface area contributed by atoms with Crippen molar-refractivity contribution >= 4 is 5.97 Å². The highest BCUT2D eigenvalue weighted by Crippen LogP contribution is 2.27. The Labute approximate surface area is 140 Å². The zero-order valence-electron chi connectivity index (χ0n) is 14.3. The number of aliphatic hydroxyl groups excluding tert-OH is 2. The van der Waals surface area contributed by atoms with Gasteiger partial charge in [0.15, 0.2) is 0 Å². The minimum atomic E-state index is -0.565. The van der Waals surface area contributed by atoms with E-state index in [4.69, 9.17) is 4.74 Å². The minimum Gasteiger partial charge on any atom is -0.466 e. The lowest BCUT2D eigenvalue weighted by Gasteiger charge is -2.22. The summed E-state index contributed by atoms with van der Waals surface area (Å²) in [6, 6.07) is 0. The summed E-state index contributed by atoms with van der Waals surface area (Å²) in [7, 11) is 0. The van der Waals surface area contributed by atoms with E-state index in [9.17, 15) is 15.0 Å². The molecular formula is C19H32O4. The van der Waals surface area contributed by atoms with E-state index in [2.05, 4.69) is 0 Å². The Morgan fingerprint density at radius 3 is 2.43 bits per heavy atom. The zero-order chi connectivity index (χ0) is 16.9. The van der Waals surface area contributed by atoms with E-state index in [-0.39, 0.29) is 5.97 Å². The highest BCUT2D eigenvalue weighted by molar-refractivity contribution is 5.69. The second-order valence-corrected chi connectivity index (χ2v) is 6.34. The number of esters is 1. The van der Waals surface area contributed by atoms with Crippen LogP contribution in [-0.2, 0) is 9.53 Å². The maximum Gasteiger partial charge on any atom is 0.305 e. The van der Waals surface area contributed by atoms with Gasteiger partial charge in [-0.15, -0.1) is 0 Å². The van der Waals surface area contributed by atoms with Crippen molar-refractivity contribution in [3.8, 4) is 0 Å². The molecule has 1 fully saturated rings. The fourth-order valence-electron chi connectivity index (χ4n) is 3.01. The zero-order valence-corrected chi connectivity index (χ0v) is 14.3. The van der Waals surface area contributed by atoms with E-state index in [0.717, 1.165) is 6.42 Å². The maximum atomic E-state index is 11.2. The summed E-state index contributed by atoms with van der Waals surface area (Å²) >= 11 is 0. The lowest BCUT2D eigenvalue weighted by atomic mass is 9.85. The molecule has 0 unspecified atom stereocenters. The molecule has 0 radical (unpaired) electrons. The monoisotopic (exact) mass is 324 g/mol. The molecule has 132 valence electrons. The van der Waals surface area contributed by atoms with E-state index in [0.29, 0.717) is 31.8 Å². The summed E-state index contributed by atoms with van der Waals surface area (Å²) in [5.74, 6) is 0.440. The van der Waals surface area contributed by atoms with Crippen LogP contribution < -0.4 is 0 Å². The Hall–Kier alpha value is -1.13. The average molecular weight is 324 g/mol. The van der Waals surface area contributed by atoms with Crippen LogP contribution in [0.2, 0.25) is 0 Å². The number of hydrogen-bond donors (Lipinski definition) is 2. The van der Waals surface area contributed by atoms with Crippen LogP contribution in [0, 0.1) is 5.92 Å². The normalized spacial score (nSPS) is 19.3. The molecular weight excluding hydrogens is 292 g/mol. The van der Waals surface area contributed by atoms with Gasteiger partial charge < -0.3 is 14.9 Å². The molecule has 2 atom stereocenters. The summed E-state index contributed by atoms with van der Waals surface area (Å²) in [5, 5.41) is 19.8. The van der Waals surface area contributed by atoms with Crippen LogP contribution in [0.1, 0.15) is 64.7 Å². The molecule has 2 N–H and O–H groups in total. The van der Waals surface area contributed by atoms with Crippen molar-refractivity contribution < 1.29 is 19.7 Å². The average Bonchev–Trinajstić information content (AvgIpc) is 2.53. The Morgan fingerprint density at radius 1 is 1.13 bits per heavy atom. The molecule has 0 heterocycles. The van der Waals surface area contributed by atoms with Crippen molar-refractivity contribution in [3.63, 3.8) is 0 Å². The van der Waals surface area contributed by atoms with Crippen molar-refractivity contribution in [3.05, 3.63) is 24.3 Å². The molecule has 1 aliphatic rings. The van der Waals surface area contributed by atoms with Gasteiger partial charge in [0.05, 0.1) is 18.8 Å². The first kappa shape index (κ1) is 19.9. The molecule has 0 spiro atoms. The predicted molar refractivity (Wildman–Crippen MR) is 92.0 cm³/mol. The van der Waals surface area contributed by atoms with Crippen LogP contribution in [0.3, 0.4) is 0 Å². The third kappa shape index (κ3) is 10.3. The second-order valence-electron chi connectivity index (χ2n) is 6.34. The molecule has 0 amide bonds. The number of rotatable bonds is 10. The molecule has 0 aromatic carbocycles. The van der Waals surface area contributed by atoms with Crippen molar-refractivity contribution in [2.45, 2.75) is 76.9 Å². The largest absolute Gasteiger partial charge is 0.466 e. The van der Waals surface area contributed by atoms with E-state index >= 15 is 0 Å². The van der Waals surface area contributed by atoms with Gasteiger partial charge in [-0.2, -0.15) is 0 Å². The predicted octanol–water partition coefficient (Wildman–Crippen LogP) is 3.52. The Balaban J connectivity index is 2.13. The minimum absolute atomic E-state index is 0.214. The van der Waals surface area contributed by atoms with Crippen molar-refractivity contribution in [2.24, 2.45) is 5.92 Å². The van der Waals surface area contributed by atoms with Gasteiger partial charge in [0.2, 0.25) is 0 Å². The number of carbonyl (C=O) groups excluding carboxylic acids is 1. The number of ether oxygens (including phenoxy) is 1. The van der Waals surface area contributed by atoms with E-state index in [1.165, 1.54) is 32.1 Å². The van der Waals surface area contributed by atoms with Crippen LogP contribution in [0.5, 0.6) is 0 Å². The summed E-state index contributed by atoms with van der Waals surface area (Å²) in [4.78, 5) is 11.2. The van der Waals surface area contributed by atoms with Crippen LogP contribution in [0.4, 0.5) is 0 Å². The van der Waals surface area contributed by atoms with Gasteiger partial charge in [0.1, 0.15) is 0 Å². The maximum absolute atomic E-state index is 11.2. The molecule has 4 heteroatoms. The molecule has 4 nitrogen and oxygen atoms in total. The standard InChI is InChI=1S/C19H32O4/c1-2-23-19(22)14-8-13-17(20)11-6-7-12-18(21)15-16-9-4-3-5-10-16/h6-7,11-12,16-18,20-21H,2-5,8-10,13-15H2,1H3/b11-6+,12-7+/t17-,18+/m1/s1. The van der Waals surface area contributed by atoms with E-state index in [1.54, 1.807) is 31.2 Å². The molecule has 0 bridgehead atoms. The van der Waals surface area contributed by atoms with Gasteiger partial charge in [0.25, 0.3) is 0 Å². The topological polar surface area (TPSA) is 66.8 Å². The Kier molecular flexibility index (Phi) is 10.7. The van der Waals surface area contributed by atoms with Crippen LogP contribution in [0.15, 0.2) is 24.3 Å². The van der Waals surface area contributed by atoms with Crippen LogP contribution in [-0.4, -0.2) is 35.0 Å². The highest BCUT2D eigenvalue weighted by Gasteiger charge is 2.15. The Morgan fingerprint density at radius 2 is 1.78 bits per heavy atom. The van der Waals surface area contributed by atoms with Crippen molar-refractivity contribution in [1.82, 2.24) is 0 Å². The number of carbonyl (C=O) groups is 1. The van der Waals surface area contributed by atoms with E-state index < -0.39 is 12.2 Å². The van der Waals surface area contributed by atoms with Gasteiger partial charge in [-0.1, -0.05) is 56.4 Å². The smallest absolute Gasteiger partial charge is 0.305 e. The molecule has 1 aliphatic carbocycles. The molecule has 0 saturated heterocycles. The summed E-state index contributed by atoms with van der Waals surface area (Å²) in [5.41, 5.74) is 0. The SMILES string of the molecule is CCOC(=O)CCC[C@H](O)/C=C/C=C/[C@H](O)CC1CCCCC1. The third-order valence-electron chi connectivity index (χ3n) is 4.26. The first-order valence-electron chi connectivity index (χ1n) is 8.98. The van der Waals surface area contributed by atoms with Crippen molar-refractivity contribution in [1.29, 1.82) is 0 Å². The highest BCUT2D eigenvalue weighted by atomic mass is 16.5. The lowest BCUT2D eigenvalue weighted by molar-refractivity contribution is -0.143. The first-order chi connectivity index (χ1) is 11.1. The summed E-state index contributed by atoms with van der Waals surface area (Å²) in [6.45, 7) is 2.18. The van der Waals surface area contributed by atoms with Crippen molar-refractivity contribution in [2.75, 3.05) is 6.61 Å². The van der Waals surface area contributed by atoms with Crippen LogP contribution in [0.25, 0.3) is 0 Å². The first-order valence-corrected chi connectivity index (χ1v) is 8.98.